The van der Waals surface area contributed by atoms with E-state index in [1.165, 1.54) is 0 Å². The predicted octanol–water partition coefficient (Wildman–Crippen LogP) is 1.88. The van der Waals surface area contributed by atoms with E-state index in [0.717, 1.165) is 17.8 Å². The summed E-state index contributed by atoms with van der Waals surface area (Å²) in [6, 6.07) is 8.50. The lowest BCUT2D eigenvalue weighted by Gasteiger charge is -2.14. The molecule has 2 aromatic heterocycles. The van der Waals surface area contributed by atoms with Crippen LogP contribution in [0.4, 0.5) is 5.95 Å². The maximum absolute atomic E-state index is 12.1. The zero-order valence-electron chi connectivity index (χ0n) is 15.1. The highest BCUT2D eigenvalue weighted by Crippen LogP contribution is 2.28. The summed E-state index contributed by atoms with van der Waals surface area (Å²) in [6.07, 6.45) is 2.32. The Labute approximate surface area is 168 Å². The third-order valence-corrected chi connectivity index (χ3v) is 4.49. The van der Waals surface area contributed by atoms with Crippen LogP contribution in [0.25, 0.3) is 11.4 Å². The summed E-state index contributed by atoms with van der Waals surface area (Å²) in [5.74, 6) is 6.24. The number of nitrogen functional groups attached to an aromatic ring is 1. The fourth-order valence-corrected chi connectivity index (χ4v) is 3.16. The molecule has 0 saturated heterocycles. The Balaban J connectivity index is 0.00000225. The van der Waals surface area contributed by atoms with Gasteiger partial charge < -0.3 is 20.7 Å². The first-order valence-electron chi connectivity index (χ1n) is 8.43. The van der Waals surface area contributed by atoms with Crippen molar-refractivity contribution in [2.75, 3.05) is 12.3 Å². The van der Waals surface area contributed by atoms with Crippen LogP contribution < -0.4 is 11.1 Å². The number of anilines is 1. The summed E-state index contributed by atoms with van der Waals surface area (Å²) in [5, 5.41) is 12.4. The van der Waals surface area contributed by atoms with E-state index in [0.29, 0.717) is 28.9 Å². The van der Waals surface area contributed by atoms with Crippen LogP contribution >= 0.6 is 12.4 Å². The van der Waals surface area contributed by atoms with Crippen molar-refractivity contribution in [2.24, 2.45) is 7.05 Å². The summed E-state index contributed by atoms with van der Waals surface area (Å²) in [7, 11) is 1.90. The number of halogens is 1. The van der Waals surface area contributed by atoms with Gasteiger partial charge in [-0.15, -0.1) is 12.4 Å². The van der Waals surface area contributed by atoms with E-state index in [2.05, 4.69) is 27.1 Å². The minimum Gasteiger partial charge on any atom is -0.508 e. The Morgan fingerprint density at radius 3 is 2.86 bits per heavy atom. The normalized spacial score (nSPS) is 12.2. The molecule has 0 bridgehead atoms. The number of nitrogens with two attached hydrogens (primary N) is 1. The molecule has 0 saturated carbocycles. The van der Waals surface area contributed by atoms with Crippen LogP contribution in [0.2, 0.25) is 0 Å². The number of hydrogen-bond donors (Lipinski definition) is 3. The second-order valence-corrected chi connectivity index (χ2v) is 6.25. The first-order valence-corrected chi connectivity index (χ1v) is 8.43. The van der Waals surface area contributed by atoms with Crippen molar-refractivity contribution in [3.8, 4) is 29.0 Å². The molecule has 0 spiro atoms. The van der Waals surface area contributed by atoms with Crippen molar-refractivity contribution in [1.82, 2.24) is 19.9 Å². The molecule has 4 N–H and O–H groups in total. The van der Waals surface area contributed by atoms with E-state index in [9.17, 15) is 9.90 Å². The highest BCUT2D eigenvalue weighted by molar-refractivity contribution is 5.98. The Bertz CT molecular complexity index is 1130. The lowest BCUT2D eigenvalue weighted by molar-refractivity contribution is 0.0945. The molecule has 3 heterocycles. The number of benzene rings is 1. The molecule has 1 aliphatic rings. The average molecular weight is 396 g/mol. The van der Waals surface area contributed by atoms with Gasteiger partial charge in [0.1, 0.15) is 11.4 Å². The Hall–Kier alpha value is -3.50. The molecular weight excluding hydrogens is 378 g/mol. The van der Waals surface area contributed by atoms with Crippen molar-refractivity contribution >= 4 is 24.3 Å². The van der Waals surface area contributed by atoms with Gasteiger partial charge in [0, 0.05) is 37.5 Å². The van der Waals surface area contributed by atoms with Gasteiger partial charge in [0.2, 0.25) is 5.95 Å². The molecule has 0 fully saturated rings. The zero-order chi connectivity index (χ0) is 19.0. The van der Waals surface area contributed by atoms with Crippen molar-refractivity contribution in [1.29, 1.82) is 0 Å². The predicted molar refractivity (Wildman–Crippen MR) is 108 cm³/mol. The van der Waals surface area contributed by atoms with Gasteiger partial charge in [0.25, 0.3) is 5.91 Å². The SMILES string of the molecule is Cl.Cn1c(-c2nc(N)ncc2C#Cc2cccc(O)c2)cc2c1CCNC2=O. The molecule has 0 aliphatic carbocycles. The van der Waals surface area contributed by atoms with Crippen LogP contribution in [0.1, 0.15) is 27.2 Å². The first kappa shape index (κ1) is 19.3. The zero-order valence-corrected chi connectivity index (χ0v) is 15.9. The fraction of sp³-hybridized carbons (Fsp3) is 0.150. The van der Waals surface area contributed by atoms with Crippen molar-refractivity contribution in [3.63, 3.8) is 0 Å². The van der Waals surface area contributed by atoms with Crippen LogP contribution in [-0.4, -0.2) is 32.1 Å². The summed E-state index contributed by atoms with van der Waals surface area (Å²) in [6.45, 7) is 0.610. The van der Waals surface area contributed by atoms with Crippen LogP contribution in [-0.2, 0) is 13.5 Å². The Morgan fingerprint density at radius 1 is 1.29 bits per heavy atom. The number of aromatic hydroxyl groups is 1. The maximum atomic E-state index is 12.1. The monoisotopic (exact) mass is 395 g/mol. The average Bonchev–Trinajstić information content (AvgIpc) is 2.99. The quantitative estimate of drug-likeness (QED) is 0.545. The second-order valence-electron chi connectivity index (χ2n) is 6.25. The van der Waals surface area contributed by atoms with Gasteiger partial charge in [-0.1, -0.05) is 17.9 Å². The number of nitrogens with one attached hydrogen (secondary N) is 1. The van der Waals surface area contributed by atoms with Gasteiger partial charge in [0.05, 0.1) is 16.8 Å². The number of amides is 1. The van der Waals surface area contributed by atoms with E-state index in [4.69, 9.17) is 5.73 Å². The number of carbonyl (C=O) groups excluding carboxylic acids is 1. The van der Waals surface area contributed by atoms with Crippen molar-refractivity contribution < 1.29 is 9.90 Å². The summed E-state index contributed by atoms with van der Waals surface area (Å²) < 4.78 is 1.95. The Morgan fingerprint density at radius 2 is 2.11 bits per heavy atom. The maximum Gasteiger partial charge on any atom is 0.253 e. The molecule has 7 nitrogen and oxygen atoms in total. The minimum absolute atomic E-state index is 0. The minimum atomic E-state index is -0.0903. The molecule has 3 aromatic rings. The summed E-state index contributed by atoms with van der Waals surface area (Å²) in [4.78, 5) is 20.6. The standard InChI is InChI=1S/C20H17N5O2.ClH/c1-25-16-7-8-22-19(27)15(16)10-17(25)18-13(11-23-20(21)24-18)6-5-12-3-2-4-14(26)9-12;/h2-4,9-11,26H,7-8H2,1H3,(H,22,27)(H2,21,23,24);1H. The fourth-order valence-electron chi connectivity index (χ4n) is 3.16. The largest absolute Gasteiger partial charge is 0.508 e. The topological polar surface area (TPSA) is 106 Å². The number of phenols is 1. The van der Waals surface area contributed by atoms with E-state index in [1.54, 1.807) is 30.5 Å². The molecule has 0 radical (unpaired) electrons. The lowest BCUT2D eigenvalue weighted by Crippen LogP contribution is -2.31. The van der Waals surface area contributed by atoms with Gasteiger partial charge in [0.15, 0.2) is 0 Å². The van der Waals surface area contributed by atoms with Crippen molar-refractivity contribution in [2.45, 2.75) is 6.42 Å². The van der Waals surface area contributed by atoms with Crippen LogP contribution in [0, 0.1) is 11.8 Å². The number of hydrogen-bond acceptors (Lipinski definition) is 5. The first-order chi connectivity index (χ1) is 13.0. The second kappa shape index (κ2) is 7.62. The third-order valence-electron chi connectivity index (χ3n) is 4.49. The van der Waals surface area contributed by atoms with E-state index in [-0.39, 0.29) is 30.0 Å². The molecule has 0 unspecified atom stereocenters. The highest BCUT2D eigenvalue weighted by Gasteiger charge is 2.24. The summed E-state index contributed by atoms with van der Waals surface area (Å²) >= 11 is 0. The van der Waals surface area contributed by atoms with Gasteiger partial charge in [-0.25, -0.2) is 9.97 Å². The van der Waals surface area contributed by atoms with Crippen molar-refractivity contribution in [3.05, 3.63) is 58.9 Å². The number of fused-ring (bicyclic) bond motifs is 1. The molecular formula is C20H18ClN5O2. The smallest absolute Gasteiger partial charge is 0.253 e. The van der Waals surface area contributed by atoms with Gasteiger partial charge in [-0.05, 0) is 24.3 Å². The molecule has 1 aromatic carbocycles. The number of rotatable bonds is 1. The van der Waals surface area contributed by atoms with Gasteiger partial charge in [-0.2, -0.15) is 0 Å². The lowest BCUT2D eigenvalue weighted by atomic mass is 10.1. The molecule has 1 amide bonds. The number of nitrogens with zero attached hydrogens (tertiary/aromatic N) is 3. The van der Waals surface area contributed by atoms with Crippen LogP contribution in [0.3, 0.4) is 0 Å². The van der Waals surface area contributed by atoms with E-state index >= 15 is 0 Å². The van der Waals surface area contributed by atoms with Crippen LogP contribution in [0.15, 0.2) is 36.5 Å². The van der Waals surface area contributed by atoms with Gasteiger partial charge in [-0.3, -0.25) is 4.79 Å². The summed E-state index contributed by atoms with van der Waals surface area (Å²) in [5.41, 5.74) is 9.98. The molecule has 8 heteroatoms. The third kappa shape index (κ3) is 3.50. The molecule has 4 rings (SSSR count). The highest BCUT2D eigenvalue weighted by atomic mass is 35.5. The number of aromatic nitrogens is 3. The van der Waals surface area contributed by atoms with E-state index < -0.39 is 0 Å². The molecule has 0 atom stereocenters. The number of carbonyl (C=O) groups is 1. The Kier molecular flexibility index (Phi) is 5.25. The van der Waals surface area contributed by atoms with E-state index in [1.807, 2.05) is 17.7 Å². The van der Waals surface area contributed by atoms with Crippen LogP contribution in [0.5, 0.6) is 5.75 Å². The van der Waals surface area contributed by atoms with Gasteiger partial charge >= 0.3 is 0 Å². The molecule has 1 aliphatic heterocycles. The molecule has 28 heavy (non-hydrogen) atoms. The number of phenolic OH excluding ortho intramolecular Hbond substituents is 1. The molecule has 142 valence electrons.